The topological polar surface area (TPSA) is 72.0 Å². The Morgan fingerprint density at radius 2 is 2.10 bits per heavy atom. The van der Waals surface area contributed by atoms with E-state index in [1.807, 2.05) is 0 Å². The molecule has 112 valence electrons. The summed E-state index contributed by atoms with van der Waals surface area (Å²) in [5.41, 5.74) is -1.86. The van der Waals surface area contributed by atoms with Crippen LogP contribution >= 0.6 is 0 Å². The Hall–Kier alpha value is -2.38. The normalized spacial score (nSPS) is 13.2. The number of ether oxygens (including phenoxy) is 1. The summed E-state index contributed by atoms with van der Waals surface area (Å²) in [7, 11) is 1.14. The maximum Gasteiger partial charge on any atom is 0.434 e. The molecule has 1 unspecified atom stereocenters. The Bertz CT molecular complexity index is 752. The molecule has 0 amide bonds. The van der Waals surface area contributed by atoms with Gasteiger partial charge in [0.2, 0.25) is 0 Å². The number of aromatic amines is 1. The van der Waals surface area contributed by atoms with Gasteiger partial charge >= 0.3 is 12.1 Å². The van der Waals surface area contributed by atoms with Crippen molar-refractivity contribution in [3.8, 4) is 0 Å². The van der Waals surface area contributed by atoms with Crippen molar-refractivity contribution < 1.29 is 22.7 Å². The maximum absolute atomic E-state index is 12.9. The van der Waals surface area contributed by atoms with Gasteiger partial charge < -0.3 is 9.72 Å². The molecule has 1 atom stereocenters. The fraction of sp³-hybridized carbons (Fsp3) is 0.308. The number of nitrogens with one attached hydrogen (secondary N) is 1. The van der Waals surface area contributed by atoms with Gasteiger partial charge in [0.25, 0.3) is 5.56 Å². The average molecular weight is 300 g/mol. The lowest BCUT2D eigenvalue weighted by atomic mass is 10.0. The third-order valence-electron chi connectivity index (χ3n) is 3.09. The minimum absolute atomic E-state index is 0.00291. The molecule has 0 fully saturated rings. The summed E-state index contributed by atoms with van der Waals surface area (Å²) in [6, 6.07) is 2.30. The molecule has 21 heavy (non-hydrogen) atoms. The molecule has 2 aromatic rings. The van der Waals surface area contributed by atoms with Crippen LogP contribution in [0.1, 0.15) is 24.1 Å². The van der Waals surface area contributed by atoms with Crippen LogP contribution in [0.5, 0.6) is 0 Å². The summed E-state index contributed by atoms with van der Waals surface area (Å²) in [6.45, 7) is 1.38. The summed E-state index contributed by atoms with van der Waals surface area (Å²) in [5, 5.41) is -0.268. The van der Waals surface area contributed by atoms with Crippen molar-refractivity contribution in [2.45, 2.75) is 19.0 Å². The van der Waals surface area contributed by atoms with Crippen LogP contribution in [-0.4, -0.2) is 23.0 Å². The number of alkyl halides is 3. The van der Waals surface area contributed by atoms with Crippen LogP contribution in [0.3, 0.4) is 0 Å². The van der Waals surface area contributed by atoms with Crippen LogP contribution in [0.2, 0.25) is 0 Å². The van der Waals surface area contributed by atoms with Crippen LogP contribution in [0, 0.1) is 0 Å². The van der Waals surface area contributed by atoms with Gasteiger partial charge in [-0.1, -0.05) is 0 Å². The molecule has 0 radical (unpaired) electrons. The number of carbonyl (C=O) groups is 1. The van der Waals surface area contributed by atoms with Gasteiger partial charge in [0.15, 0.2) is 5.69 Å². The SMILES string of the molecule is COC(=O)C(C)c1cc2c(C(F)(F)F)nccc2[nH]c1=O. The molecule has 0 aliphatic heterocycles. The number of rotatable bonds is 2. The number of carbonyl (C=O) groups excluding carboxylic acids is 1. The van der Waals surface area contributed by atoms with Crippen molar-refractivity contribution in [1.82, 2.24) is 9.97 Å². The molecule has 2 aromatic heterocycles. The Balaban J connectivity index is 2.73. The first-order valence-corrected chi connectivity index (χ1v) is 5.92. The van der Waals surface area contributed by atoms with Gasteiger partial charge in [-0.2, -0.15) is 13.2 Å². The molecule has 0 aromatic carbocycles. The van der Waals surface area contributed by atoms with Crippen molar-refractivity contribution in [3.05, 3.63) is 39.9 Å². The van der Waals surface area contributed by atoms with Crippen molar-refractivity contribution in [1.29, 1.82) is 0 Å². The molecule has 0 saturated carbocycles. The molecule has 5 nitrogen and oxygen atoms in total. The fourth-order valence-corrected chi connectivity index (χ4v) is 2.00. The first-order chi connectivity index (χ1) is 9.75. The fourth-order valence-electron chi connectivity index (χ4n) is 2.00. The van der Waals surface area contributed by atoms with E-state index in [1.54, 1.807) is 0 Å². The lowest BCUT2D eigenvalue weighted by Gasteiger charge is -2.12. The second-order valence-electron chi connectivity index (χ2n) is 4.42. The Labute approximate surface area is 116 Å². The molecule has 0 saturated heterocycles. The number of pyridine rings is 2. The zero-order valence-corrected chi connectivity index (χ0v) is 11.1. The Morgan fingerprint density at radius 1 is 1.43 bits per heavy atom. The Kier molecular flexibility index (Phi) is 3.71. The predicted molar refractivity (Wildman–Crippen MR) is 67.8 cm³/mol. The highest BCUT2D eigenvalue weighted by Gasteiger charge is 2.35. The number of methoxy groups -OCH3 is 1. The van der Waals surface area contributed by atoms with Gasteiger partial charge in [-0.15, -0.1) is 0 Å². The number of halogens is 3. The van der Waals surface area contributed by atoms with Crippen molar-refractivity contribution >= 4 is 16.9 Å². The third kappa shape index (κ3) is 2.74. The third-order valence-corrected chi connectivity index (χ3v) is 3.09. The van der Waals surface area contributed by atoms with Crippen LogP contribution < -0.4 is 5.56 Å². The molecule has 2 rings (SSSR count). The number of hydrogen-bond donors (Lipinski definition) is 1. The van der Waals surface area contributed by atoms with Gasteiger partial charge in [0.05, 0.1) is 18.5 Å². The van der Waals surface area contributed by atoms with Crippen molar-refractivity contribution in [2.24, 2.45) is 0 Å². The first kappa shape index (κ1) is 15.0. The van der Waals surface area contributed by atoms with Crippen LogP contribution in [0.25, 0.3) is 10.9 Å². The largest absolute Gasteiger partial charge is 0.469 e. The first-order valence-electron chi connectivity index (χ1n) is 5.92. The van der Waals surface area contributed by atoms with E-state index >= 15 is 0 Å². The zero-order chi connectivity index (χ0) is 15.8. The van der Waals surface area contributed by atoms with Gasteiger partial charge in [-0.3, -0.25) is 14.6 Å². The van der Waals surface area contributed by atoms with Gasteiger partial charge in [-0.05, 0) is 19.1 Å². The van der Waals surface area contributed by atoms with Crippen LogP contribution in [0.15, 0.2) is 23.1 Å². The van der Waals surface area contributed by atoms with Crippen LogP contribution in [-0.2, 0) is 15.7 Å². The number of esters is 1. The average Bonchev–Trinajstić information content (AvgIpc) is 2.43. The maximum atomic E-state index is 12.9. The minimum atomic E-state index is -4.66. The van der Waals surface area contributed by atoms with E-state index in [0.717, 1.165) is 19.4 Å². The summed E-state index contributed by atoms with van der Waals surface area (Å²) >= 11 is 0. The molecule has 0 aliphatic carbocycles. The number of H-pyrrole nitrogens is 1. The van der Waals surface area contributed by atoms with E-state index in [0.29, 0.717) is 0 Å². The monoisotopic (exact) mass is 300 g/mol. The van der Waals surface area contributed by atoms with Gasteiger partial charge in [-0.25, -0.2) is 0 Å². The van der Waals surface area contributed by atoms with Gasteiger partial charge in [0, 0.05) is 17.1 Å². The van der Waals surface area contributed by atoms with Crippen molar-refractivity contribution in [2.75, 3.05) is 7.11 Å². The minimum Gasteiger partial charge on any atom is -0.469 e. The number of aromatic nitrogens is 2. The van der Waals surface area contributed by atoms with E-state index in [1.165, 1.54) is 13.0 Å². The summed E-state index contributed by atoms with van der Waals surface area (Å²) in [5.74, 6) is -1.69. The standard InChI is InChI=1S/C13H11F3N2O3/c1-6(12(20)21-2)7-5-8-9(18-11(7)19)3-4-17-10(8)13(14,15)16/h3-6H,1-2H3,(H,18,19). The van der Waals surface area contributed by atoms with E-state index in [9.17, 15) is 22.8 Å². The molecule has 0 aliphatic rings. The highest BCUT2D eigenvalue weighted by atomic mass is 19.4. The summed E-state index contributed by atoms with van der Waals surface area (Å²) < 4.78 is 43.3. The molecule has 0 bridgehead atoms. The smallest absolute Gasteiger partial charge is 0.434 e. The molecule has 8 heteroatoms. The van der Waals surface area contributed by atoms with E-state index in [-0.39, 0.29) is 16.5 Å². The van der Waals surface area contributed by atoms with Crippen molar-refractivity contribution in [3.63, 3.8) is 0 Å². The summed E-state index contributed by atoms with van der Waals surface area (Å²) in [6.07, 6.45) is -3.70. The second-order valence-corrected chi connectivity index (χ2v) is 4.42. The summed E-state index contributed by atoms with van der Waals surface area (Å²) in [4.78, 5) is 29.0. The van der Waals surface area contributed by atoms with Crippen LogP contribution in [0.4, 0.5) is 13.2 Å². The molecule has 0 spiro atoms. The second kappa shape index (κ2) is 5.19. The number of hydrogen-bond acceptors (Lipinski definition) is 4. The van der Waals surface area contributed by atoms with Gasteiger partial charge in [0.1, 0.15) is 0 Å². The highest BCUT2D eigenvalue weighted by molar-refractivity contribution is 5.84. The zero-order valence-electron chi connectivity index (χ0n) is 11.1. The predicted octanol–water partition coefficient (Wildman–Crippen LogP) is 2.22. The van der Waals surface area contributed by atoms with E-state index in [4.69, 9.17) is 0 Å². The molecule has 1 N–H and O–H groups in total. The molecular formula is C13H11F3N2O3. The number of fused-ring (bicyclic) bond motifs is 1. The lowest BCUT2D eigenvalue weighted by Crippen LogP contribution is -2.22. The Morgan fingerprint density at radius 3 is 2.67 bits per heavy atom. The van der Waals surface area contributed by atoms with E-state index in [2.05, 4.69) is 14.7 Å². The highest BCUT2D eigenvalue weighted by Crippen LogP contribution is 2.32. The quantitative estimate of drug-likeness (QED) is 0.863. The lowest BCUT2D eigenvalue weighted by molar-refractivity contribution is -0.142. The molecular weight excluding hydrogens is 289 g/mol. The molecule has 2 heterocycles. The van der Waals surface area contributed by atoms with E-state index < -0.39 is 29.3 Å². The number of nitrogens with zero attached hydrogens (tertiary/aromatic N) is 1.